The van der Waals surface area contributed by atoms with Crippen molar-refractivity contribution in [2.45, 2.75) is 6.42 Å². The Kier molecular flexibility index (Phi) is 7.32. The second-order valence-corrected chi connectivity index (χ2v) is 10.5. The molecule has 18 heteroatoms. The van der Waals surface area contributed by atoms with E-state index in [0.29, 0.717) is 7.18 Å². The molecule has 4 aromatic heterocycles. The Balaban J connectivity index is 0.00000200. The lowest BCUT2D eigenvalue weighted by Crippen LogP contribution is -2.08. The van der Waals surface area contributed by atoms with Gasteiger partial charge in [0.25, 0.3) is 0 Å². The second-order valence-electron chi connectivity index (χ2n) is 10.5. The molecule has 0 radical (unpaired) electrons. The number of nitriles is 4. The van der Waals surface area contributed by atoms with Crippen LogP contribution in [0.2, 0.25) is 0 Å². The predicted molar refractivity (Wildman–Crippen MR) is 169 cm³/mol. The molecule has 0 bridgehead atoms. The number of alkyl halides is 2. The maximum Gasteiger partial charge on any atom is 0.199 e. The van der Waals surface area contributed by atoms with E-state index in [4.69, 9.17) is 0 Å². The van der Waals surface area contributed by atoms with Gasteiger partial charge in [-0.05, 0) is 11.5 Å². The zero-order chi connectivity index (χ0) is 36.5. The number of halogens is 6. The van der Waals surface area contributed by atoms with Crippen molar-refractivity contribution in [3.63, 3.8) is 0 Å². The Morgan fingerprint density at radius 1 is 0.627 bits per heavy atom. The highest BCUT2D eigenvalue weighted by Gasteiger charge is 2.31. The molecule has 0 amide bonds. The monoisotopic (exact) mass is 688 g/mol. The summed E-state index contributed by atoms with van der Waals surface area (Å²) in [6.07, 6.45) is -0.806. The van der Waals surface area contributed by atoms with Crippen LogP contribution in [0.1, 0.15) is 34.8 Å². The molecule has 0 unspecified atom stereocenters. The third kappa shape index (κ3) is 4.30. The number of benzene rings is 2. The van der Waals surface area contributed by atoms with E-state index in [9.17, 15) is 29.8 Å². The number of aromatic nitrogens is 8. The summed E-state index contributed by atoms with van der Waals surface area (Å²) in [4.78, 5) is 33.5. The van der Waals surface area contributed by atoms with Gasteiger partial charge in [0, 0.05) is 44.1 Å². The van der Waals surface area contributed by atoms with Gasteiger partial charge < -0.3 is 0 Å². The van der Waals surface area contributed by atoms with Gasteiger partial charge >= 0.3 is 0 Å². The third-order valence-corrected chi connectivity index (χ3v) is 8.01. The molecule has 0 fully saturated rings. The molecule has 0 atom stereocenters. The van der Waals surface area contributed by atoms with Crippen molar-refractivity contribution in [1.82, 2.24) is 39.9 Å². The van der Waals surface area contributed by atoms with Gasteiger partial charge in [-0.15, -0.1) is 0 Å². The number of hydrogen-bond donors (Lipinski definition) is 0. The number of nitrogens with zero attached hydrogens (tertiary/aromatic N) is 12. The minimum absolute atomic E-state index is 0.135. The van der Waals surface area contributed by atoms with E-state index in [1.807, 2.05) is 0 Å². The standard InChI is InChI=1S/C32H7F5N12.CH3F/c1-9(34)17-21-19(25-26(20(21)11(35)2-3-33)47-30-29(46-25)42-13(5-38)14(6-39)43-30)10-4-12(36)24(37)23-18(10)22(17)27-28(23)49-32-31(48-27)44-15(7-40)16(8-41)45-32;1-2/h4H,1-3H2;1H3/b20-11-;. The average Bonchev–Trinajstić information content (AvgIpc) is 3.64. The third-order valence-electron chi connectivity index (χ3n) is 8.01. The molecule has 0 spiro atoms. The van der Waals surface area contributed by atoms with Crippen LogP contribution in [-0.2, 0) is 0 Å². The van der Waals surface area contributed by atoms with Gasteiger partial charge in [-0.3, -0.25) is 8.78 Å². The maximum atomic E-state index is 16.1. The van der Waals surface area contributed by atoms with Crippen molar-refractivity contribution >= 4 is 88.6 Å². The van der Waals surface area contributed by atoms with Crippen molar-refractivity contribution in [2.24, 2.45) is 0 Å². The fourth-order valence-corrected chi connectivity index (χ4v) is 6.19. The van der Waals surface area contributed by atoms with E-state index >= 15 is 17.6 Å². The average molecular weight is 689 g/mol. The summed E-state index contributed by atoms with van der Waals surface area (Å²) >= 11 is 0. The first kappa shape index (κ1) is 32.1. The summed E-state index contributed by atoms with van der Waals surface area (Å²) in [5.74, 6) is -5.12. The van der Waals surface area contributed by atoms with E-state index in [2.05, 4.69) is 46.5 Å². The number of rotatable bonds is 3. The van der Waals surface area contributed by atoms with Crippen LogP contribution in [0.4, 0.5) is 26.3 Å². The van der Waals surface area contributed by atoms with Crippen molar-refractivity contribution in [3.05, 3.63) is 57.8 Å². The highest BCUT2D eigenvalue weighted by atomic mass is 19.2. The first-order valence-electron chi connectivity index (χ1n) is 14.2. The van der Waals surface area contributed by atoms with Crippen LogP contribution < -0.4 is 5.22 Å². The highest BCUT2D eigenvalue weighted by Crippen LogP contribution is 2.48. The van der Waals surface area contributed by atoms with Crippen molar-refractivity contribution in [1.29, 1.82) is 21.0 Å². The molecule has 0 N–H and O–H groups in total. The van der Waals surface area contributed by atoms with Gasteiger partial charge in [0.2, 0.25) is 0 Å². The summed E-state index contributed by atoms with van der Waals surface area (Å²) in [7, 11) is 0.500. The fraction of sp³-hybridized carbons (Fsp3) is 0.0909. The van der Waals surface area contributed by atoms with E-state index in [1.54, 1.807) is 24.3 Å². The zero-order valence-electron chi connectivity index (χ0n) is 25.3. The molecule has 0 aliphatic carbocycles. The zero-order valence-corrected chi connectivity index (χ0v) is 25.3. The summed E-state index contributed by atoms with van der Waals surface area (Å²) in [6, 6.07) is 7.59. The normalized spacial score (nSPS) is 11.9. The van der Waals surface area contributed by atoms with Crippen LogP contribution in [0.25, 0.3) is 88.6 Å². The molecule has 8 aromatic rings. The summed E-state index contributed by atoms with van der Waals surface area (Å²) in [5.41, 5.74) is -4.44. The molecule has 8 rings (SSSR count). The van der Waals surface area contributed by atoms with E-state index in [1.165, 1.54) is 0 Å². The molecular formula is C33H10F6N12. The molecule has 4 heterocycles. The first-order chi connectivity index (χ1) is 24.6. The summed E-state index contributed by atoms with van der Waals surface area (Å²) in [5, 5.41) is 36.0. The molecule has 244 valence electrons. The lowest BCUT2D eigenvalue weighted by Gasteiger charge is -2.10. The molecule has 4 aromatic carbocycles. The predicted octanol–water partition coefficient (Wildman–Crippen LogP) is 5.80. The molecule has 12 nitrogen and oxygen atoms in total. The molecular weight excluding hydrogens is 678 g/mol. The van der Waals surface area contributed by atoms with Gasteiger partial charge in [0.05, 0.1) is 13.9 Å². The fourth-order valence-electron chi connectivity index (χ4n) is 6.19. The second kappa shape index (κ2) is 11.6. The Morgan fingerprint density at radius 3 is 1.49 bits per heavy atom. The van der Waals surface area contributed by atoms with E-state index in [-0.39, 0.29) is 71.6 Å². The van der Waals surface area contributed by atoms with Gasteiger partial charge in [-0.25, -0.2) is 57.4 Å². The number of hydrogen-bond acceptors (Lipinski definition) is 12. The van der Waals surface area contributed by atoms with Gasteiger partial charge in [-0.2, -0.15) is 21.0 Å². The van der Waals surface area contributed by atoms with Gasteiger partial charge in [0.1, 0.15) is 58.0 Å². The molecule has 0 aliphatic rings. The van der Waals surface area contributed by atoms with Gasteiger partial charge in [-0.1, -0.05) is 6.58 Å². The Hall–Kier alpha value is -7.44. The maximum absolute atomic E-state index is 16.1. The molecule has 0 saturated carbocycles. The first-order valence-corrected chi connectivity index (χ1v) is 14.2. The lowest BCUT2D eigenvalue weighted by molar-refractivity contribution is 0.487. The molecule has 51 heavy (non-hydrogen) atoms. The topological polar surface area (TPSA) is 198 Å². The molecule has 0 aliphatic heterocycles. The minimum atomic E-state index is -1.41. The van der Waals surface area contributed by atoms with E-state index < -0.39 is 75.3 Å². The van der Waals surface area contributed by atoms with Crippen molar-refractivity contribution in [2.75, 3.05) is 13.9 Å². The van der Waals surface area contributed by atoms with Crippen molar-refractivity contribution in [3.8, 4) is 24.3 Å². The summed E-state index contributed by atoms with van der Waals surface area (Å²) in [6.45, 7) is 2.23. The largest absolute Gasteiger partial charge is 0.255 e. The highest BCUT2D eigenvalue weighted by molar-refractivity contribution is 6.39. The van der Waals surface area contributed by atoms with Crippen LogP contribution in [0.5, 0.6) is 0 Å². The van der Waals surface area contributed by atoms with Gasteiger partial charge in [0.15, 0.2) is 57.0 Å². The van der Waals surface area contributed by atoms with Crippen LogP contribution >= 0.6 is 0 Å². The minimum Gasteiger partial charge on any atom is -0.255 e. The summed E-state index contributed by atoms with van der Waals surface area (Å²) < 4.78 is 86.6. The molecule has 0 saturated heterocycles. The quantitative estimate of drug-likeness (QED) is 0.202. The van der Waals surface area contributed by atoms with Crippen LogP contribution in [-0.4, -0.2) is 53.7 Å². The van der Waals surface area contributed by atoms with Crippen LogP contribution in [0, 0.1) is 57.0 Å². The Bertz CT molecular complexity index is 3140. The van der Waals surface area contributed by atoms with Crippen LogP contribution in [0.3, 0.4) is 0 Å². The smallest absolute Gasteiger partial charge is 0.199 e. The Morgan fingerprint density at radius 2 is 1.06 bits per heavy atom. The number of fused-ring (bicyclic) bond motifs is 9. The Labute approximate surface area is 278 Å². The van der Waals surface area contributed by atoms with Crippen LogP contribution in [0.15, 0.2) is 12.6 Å². The lowest BCUT2D eigenvalue weighted by atomic mass is 9.94. The van der Waals surface area contributed by atoms with Crippen molar-refractivity contribution < 1.29 is 26.3 Å². The SMILES string of the molecule is C=C(F)c1c2/c(=C(/F)CCF)c3nc4nc(C#N)c(C#N)nc4nc3c2c2cc(F)c(F)c3c4nc5nc(C#N)c(C#N)nc5nc4c1c23.CF. The van der Waals surface area contributed by atoms with E-state index in [0.717, 1.165) is 6.07 Å².